The Kier molecular flexibility index (Phi) is 5.11. The van der Waals surface area contributed by atoms with E-state index in [-0.39, 0.29) is 17.9 Å². The molecule has 166 valence electrons. The number of halogens is 3. The number of aromatic nitrogens is 3. The van der Waals surface area contributed by atoms with Crippen LogP contribution in [0.25, 0.3) is 0 Å². The minimum absolute atomic E-state index is 0.154. The van der Waals surface area contributed by atoms with Gasteiger partial charge in [0.25, 0.3) is 5.91 Å². The molecule has 32 heavy (non-hydrogen) atoms. The number of fused-ring (bicyclic) bond motifs is 2. The fourth-order valence-corrected chi connectivity index (χ4v) is 4.31. The van der Waals surface area contributed by atoms with Crippen LogP contribution in [0.15, 0.2) is 48.7 Å². The number of imidazole rings is 1. The van der Waals surface area contributed by atoms with Gasteiger partial charge in [-0.25, -0.2) is 9.97 Å². The van der Waals surface area contributed by atoms with Gasteiger partial charge in [0.05, 0.1) is 6.04 Å². The van der Waals surface area contributed by atoms with Gasteiger partial charge in [-0.05, 0) is 36.6 Å². The van der Waals surface area contributed by atoms with Crippen molar-refractivity contribution in [3.63, 3.8) is 0 Å². The summed E-state index contributed by atoms with van der Waals surface area (Å²) in [5, 5.41) is 2.98. The van der Waals surface area contributed by atoms with Crippen molar-refractivity contribution in [2.24, 2.45) is 0 Å². The number of carbonyl (C=O) groups excluding carboxylic acids is 1. The van der Waals surface area contributed by atoms with Crippen molar-refractivity contribution in [2.45, 2.75) is 43.9 Å². The van der Waals surface area contributed by atoms with Crippen LogP contribution in [-0.4, -0.2) is 33.1 Å². The number of carbonyl (C=O) groups is 1. The second-order valence-corrected chi connectivity index (χ2v) is 8.17. The summed E-state index contributed by atoms with van der Waals surface area (Å²) in [6, 6.07) is 11.6. The Morgan fingerprint density at radius 2 is 1.97 bits per heavy atom. The monoisotopic (exact) mass is 442 g/mol. The highest BCUT2D eigenvalue weighted by Crippen LogP contribution is 2.32. The number of rotatable bonds is 3. The number of aryl methyl sites for hydroxylation is 1. The smallest absolute Gasteiger partial charge is 0.433 e. The van der Waals surface area contributed by atoms with E-state index in [2.05, 4.69) is 15.3 Å². The lowest BCUT2D eigenvalue weighted by Crippen LogP contribution is -2.42. The lowest BCUT2D eigenvalue weighted by atomic mass is 9.95. The maximum atomic E-state index is 13.0. The molecule has 0 fully saturated rings. The molecule has 3 aromatic rings. The molecule has 1 N–H and O–H groups in total. The molecule has 6 nitrogen and oxygen atoms in total. The molecule has 2 aromatic heterocycles. The minimum Gasteiger partial charge on any atom is -0.491 e. The van der Waals surface area contributed by atoms with Crippen molar-refractivity contribution in [1.29, 1.82) is 0 Å². The van der Waals surface area contributed by atoms with Gasteiger partial charge in [-0.3, -0.25) is 4.79 Å². The molecule has 0 aliphatic carbocycles. The number of amides is 1. The van der Waals surface area contributed by atoms with Crippen LogP contribution in [0.1, 0.15) is 45.6 Å². The average molecular weight is 442 g/mol. The largest absolute Gasteiger partial charge is 0.491 e. The van der Waals surface area contributed by atoms with Gasteiger partial charge in [0.2, 0.25) is 0 Å². The van der Waals surface area contributed by atoms with Gasteiger partial charge in [-0.2, -0.15) is 13.2 Å². The molecule has 2 aliphatic heterocycles. The molecule has 0 bridgehead atoms. The summed E-state index contributed by atoms with van der Waals surface area (Å²) in [7, 11) is 0. The number of alkyl halides is 3. The first kappa shape index (κ1) is 20.5. The summed E-state index contributed by atoms with van der Waals surface area (Å²) in [5.41, 5.74) is 0.868. The van der Waals surface area contributed by atoms with E-state index in [1.165, 1.54) is 6.07 Å². The van der Waals surface area contributed by atoms with Gasteiger partial charge in [-0.1, -0.05) is 24.3 Å². The minimum atomic E-state index is -4.47. The van der Waals surface area contributed by atoms with E-state index >= 15 is 0 Å². The number of ether oxygens (including phenoxy) is 1. The van der Waals surface area contributed by atoms with E-state index in [1.807, 2.05) is 28.8 Å². The fourth-order valence-electron chi connectivity index (χ4n) is 4.31. The summed E-state index contributed by atoms with van der Waals surface area (Å²) < 4.78 is 46.6. The Labute approximate surface area is 182 Å². The molecule has 0 radical (unpaired) electrons. The van der Waals surface area contributed by atoms with Gasteiger partial charge in [0, 0.05) is 30.8 Å². The number of para-hydroxylation sites is 1. The van der Waals surface area contributed by atoms with Crippen LogP contribution in [0.4, 0.5) is 13.2 Å². The predicted octanol–water partition coefficient (Wildman–Crippen LogP) is 3.76. The maximum Gasteiger partial charge on any atom is 0.433 e. The Morgan fingerprint density at radius 3 is 2.81 bits per heavy atom. The molecule has 0 spiro atoms. The molecular weight excluding hydrogens is 421 g/mol. The number of hydrogen-bond acceptors (Lipinski definition) is 4. The number of pyridine rings is 1. The third kappa shape index (κ3) is 4.06. The van der Waals surface area contributed by atoms with Crippen LogP contribution in [0.5, 0.6) is 5.75 Å². The lowest BCUT2D eigenvalue weighted by molar-refractivity contribution is -0.141. The molecular formula is C23H21F3N4O2. The first-order valence-corrected chi connectivity index (χ1v) is 10.5. The Bertz CT molecular complexity index is 1160. The molecule has 1 aromatic carbocycles. The molecule has 1 amide bonds. The highest BCUT2D eigenvalue weighted by Gasteiger charge is 2.33. The topological polar surface area (TPSA) is 69.0 Å². The Balaban J connectivity index is 1.27. The number of nitrogens with one attached hydrogen (secondary N) is 1. The number of benzene rings is 1. The standard InChI is InChI=1S/C23H21F3N4O2/c24-23(25,26)20-7-3-5-17(28-20)15-8-9-21-29-18(12-30(21)11-15)22(31)27-16-10-14-4-1-2-6-19(14)32-13-16/h1-7,12,15-16H,8-11,13H2,(H,27,31)/t15?,16-/m1/s1. The molecule has 9 heteroatoms. The summed E-state index contributed by atoms with van der Waals surface area (Å²) in [6.07, 6.45) is -0.935. The van der Waals surface area contributed by atoms with E-state index in [0.717, 1.165) is 23.2 Å². The molecule has 0 saturated carbocycles. The second-order valence-electron chi connectivity index (χ2n) is 8.17. The van der Waals surface area contributed by atoms with Crippen LogP contribution >= 0.6 is 0 Å². The highest BCUT2D eigenvalue weighted by molar-refractivity contribution is 5.92. The van der Waals surface area contributed by atoms with Gasteiger partial charge in [0.1, 0.15) is 29.6 Å². The van der Waals surface area contributed by atoms with Crippen LogP contribution in [0.2, 0.25) is 0 Å². The Hall–Kier alpha value is -3.36. The molecule has 5 rings (SSSR count). The van der Waals surface area contributed by atoms with Crippen molar-refractivity contribution < 1.29 is 22.7 Å². The summed E-state index contributed by atoms with van der Waals surface area (Å²) in [5.74, 6) is 1.14. The second kappa shape index (κ2) is 7.96. The number of nitrogens with zero attached hydrogens (tertiary/aromatic N) is 3. The quantitative estimate of drug-likeness (QED) is 0.671. The number of hydrogen-bond donors (Lipinski definition) is 1. The van der Waals surface area contributed by atoms with E-state index in [0.29, 0.717) is 43.8 Å². The predicted molar refractivity (Wildman–Crippen MR) is 109 cm³/mol. The van der Waals surface area contributed by atoms with Crippen LogP contribution in [-0.2, 0) is 25.6 Å². The zero-order valence-electron chi connectivity index (χ0n) is 17.1. The van der Waals surface area contributed by atoms with Crippen molar-refractivity contribution >= 4 is 5.91 Å². The van der Waals surface area contributed by atoms with Gasteiger partial charge >= 0.3 is 6.18 Å². The summed E-state index contributed by atoms with van der Waals surface area (Å²) >= 11 is 0. The third-order valence-electron chi connectivity index (χ3n) is 5.92. The maximum absolute atomic E-state index is 13.0. The molecule has 1 unspecified atom stereocenters. The van der Waals surface area contributed by atoms with Crippen molar-refractivity contribution in [3.8, 4) is 5.75 Å². The van der Waals surface area contributed by atoms with E-state index in [9.17, 15) is 18.0 Å². The molecule has 4 heterocycles. The highest BCUT2D eigenvalue weighted by atomic mass is 19.4. The normalized spacial score (nSPS) is 20.1. The first-order valence-electron chi connectivity index (χ1n) is 10.5. The van der Waals surface area contributed by atoms with E-state index in [1.54, 1.807) is 12.3 Å². The zero-order chi connectivity index (χ0) is 22.3. The SMILES string of the molecule is O=C(N[C@H]1COc2ccccc2C1)c1cn2c(n1)CCC(c1cccc(C(F)(F)F)n1)C2. The van der Waals surface area contributed by atoms with Crippen LogP contribution in [0, 0.1) is 0 Å². The summed E-state index contributed by atoms with van der Waals surface area (Å²) in [6.45, 7) is 0.823. The fraction of sp³-hybridized carbons (Fsp3) is 0.348. The molecule has 2 atom stereocenters. The van der Waals surface area contributed by atoms with Crippen molar-refractivity contribution in [1.82, 2.24) is 19.9 Å². The van der Waals surface area contributed by atoms with Gasteiger partial charge in [-0.15, -0.1) is 0 Å². The lowest BCUT2D eigenvalue weighted by Gasteiger charge is -2.25. The van der Waals surface area contributed by atoms with Crippen molar-refractivity contribution in [2.75, 3.05) is 6.61 Å². The molecule has 2 aliphatic rings. The Morgan fingerprint density at radius 1 is 1.12 bits per heavy atom. The van der Waals surface area contributed by atoms with E-state index < -0.39 is 11.9 Å². The summed E-state index contributed by atoms with van der Waals surface area (Å²) in [4.78, 5) is 21.1. The first-order chi connectivity index (χ1) is 15.4. The third-order valence-corrected chi connectivity index (χ3v) is 5.92. The van der Waals surface area contributed by atoms with Crippen LogP contribution < -0.4 is 10.1 Å². The van der Waals surface area contributed by atoms with Crippen molar-refractivity contribution in [3.05, 3.63) is 77.1 Å². The zero-order valence-corrected chi connectivity index (χ0v) is 17.1. The van der Waals surface area contributed by atoms with Gasteiger partial charge in [0.15, 0.2) is 0 Å². The average Bonchev–Trinajstić information content (AvgIpc) is 3.22. The van der Waals surface area contributed by atoms with Gasteiger partial charge < -0.3 is 14.6 Å². The van der Waals surface area contributed by atoms with Crippen LogP contribution in [0.3, 0.4) is 0 Å². The van der Waals surface area contributed by atoms with E-state index in [4.69, 9.17) is 4.74 Å². The molecule has 0 saturated heterocycles.